The molecule has 8 nitrogen and oxygen atoms in total. The number of thioether (sulfide) groups is 1. The molecule has 2 fully saturated rings. The topological polar surface area (TPSA) is 113 Å². The number of benzene rings is 2. The van der Waals surface area contributed by atoms with Crippen molar-refractivity contribution >= 4 is 44.3 Å². The first-order valence-corrected chi connectivity index (χ1v) is 13.3. The maximum absolute atomic E-state index is 12.3. The number of carbonyl (C=O) groups is 2. The van der Waals surface area contributed by atoms with Crippen LogP contribution < -0.4 is 9.64 Å². The fraction of sp³-hybridized carbons (Fsp3) is 0.348. The molecule has 1 amide bonds. The highest BCUT2D eigenvalue weighted by Gasteiger charge is 2.49. The monoisotopic (exact) mass is 488 g/mol. The third-order valence-corrected chi connectivity index (χ3v) is 8.64. The van der Waals surface area contributed by atoms with Gasteiger partial charge in [0.25, 0.3) is 0 Å². The summed E-state index contributed by atoms with van der Waals surface area (Å²) < 4.78 is 30.2. The Bertz CT molecular complexity index is 1150. The lowest BCUT2D eigenvalue weighted by atomic mass is 10.2. The fourth-order valence-electron chi connectivity index (χ4n) is 3.86. The largest absolute Gasteiger partial charge is 0.489 e. The van der Waals surface area contributed by atoms with E-state index in [1.807, 2.05) is 59.5 Å². The average molecular weight is 489 g/mol. The summed E-state index contributed by atoms with van der Waals surface area (Å²) in [5.41, 5.74) is 1.78. The van der Waals surface area contributed by atoms with Crippen LogP contribution in [-0.4, -0.2) is 53.4 Å². The molecule has 0 spiro atoms. The lowest BCUT2D eigenvalue weighted by molar-refractivity contribution is -0.137. The summed E-state index contributed by atoms with van der Waals surface area (Å²) in [6.07, 6.45) is 0.149. The number of nitrogens with zero attached hydrogens (tertiary/aromatic N) is 2. The maximum atomic E-state index is 12.3. The molecule has 174 valence electrons. The Morgan fingerprint density at radius 1 is 1.06 bits per heavy atom. The Kier molecular flexibility index (Phi) is 7.04. The number of carboxylic acids is 1. The number of aliphatic carboxylic acids is 1. The molecule has 0 unspecified atom stereocenters. The summed E-state index contributed by atoms with van der Waals surface area (Å²) in [6, 6.07) is 16.8. The van der Waals surface area contributed by atoms with Gasteiger partial charge in [-0.3, -0.25) is 9.59 Å². The zero-order chi connectivity index (χ0) is 23.4. The predicted octanol–water partition coefficient (Wildman–Crippen LogP) is 3.12. The number of hydrogen-bond acceptors (Lipinski definition) is 6. The highest BCUT2D eigenvalue weighted by atomic mass is 32.2. The van der Waals surface area contributed by atoms with Crippen LogP contribution in [0.2, 0.25) is 0 Å². The third kappa shape index (κ3) is 5.94. The molecule has 2 saturated heterocycles. The summed E-state index contributed by atoms with van der Waals surface area (Å²) in [6.45, 7) is 0.431. The first-order valence-electron chi connectivity index (χ1n) is 10.6. The van der Waals surface area contributed by atoms with Gasteiger partial charge in [0.15, 0.2) is 15.0 Å². The molecule has 0 aromatic heterocycles. The van der Waals surface area contributed by atoms with Crippen molar-refractivity contribution in [2.45, 2.75) is 37.2 Å². The number of carbonyl (C=O) groups excluding carboxylic acids is 1. The zero-order valence-corrected chi connectivity index (χ0v) is 19.4. The molecule has 4 rings (SSSR count). The SMILES string of the molecule is O=C(O)CCCC(=O)N=C1S[C@@H]2CS(=O)(=O)C[C@H]2N1c1ccc(OCc2ccccc2)cc1. The second-order valence-corrected chi connectivity index (χ2v) is 11.3. The number of ether oxygens (including phenoxy) is 1. The van der Waals surface area contributed by atoms with Gasteiger partial charge in [-0.2, -0.15) is 4.99 Å². The molecule has 2 aliphatic heterocycles. The van der Waals surface area contributed by atoms with Crippen molar-refractivity contribution < 1.29 is 27.9 Å². The number of amides is 1. The minimum absolute atomic E-state index is 0.00312. The Labute approximate surface area is 196 Å². The number of rotatable bonds is 8. The van der Waals surface area contributed by atoms with Crippen LogP contribution in [0, 0.1) is 0 Å². The molecule has 2 heterocycles. The lowest BCUT2D eigenvalue weighted by Crippen LogP contribution is -2.37. The van der Waals surface area contributed by atoms with E-state index < -0.39 is 21.7 Å². The van der Waals surface area contributed by atoms with Crippen LogP contribution in [-0.2, 0) is 26.0 Å². The number of fused-ring (bicyclic) bond motifs is 1. The number of aliphatic imine (C=N–C) groups is 1. The Morgan fingerprint density at radius 3 is 2.48 bits per heavy atom. The molecule has 2 atom stereocenters. The number of carboxylic acid groups (broad SMARTS) is 1. The molecule has 2 aromatic carbocycles. The van der Waals surface area contributed by atoms with E-state index in [0.717, 1.165) is 11.3 Å². The Morgan fingerprint density at radius 2 is 1.79 bits per heavy atom. The summed E-state index contributed by atoms with van der Waals surface area (Å²) in [5.74, 6) is -0.642. The molecule has 1 N–H and O–H groups in total. The van der Waals surface area contributed by atoms with E-state index in [-0.39, 0.29) is 42.1 Å². The van der Waals surface area contributed by atoms with Crippen molar-refractivity contribution in [3.8, 4) is 5.75 Å². The summed E-state index contributed by atoms with van der Waals surface area (Å²) >= 11 is 1.29. The maximum Gasteiger partial charge on any atom is 0.303 e. The van der Waals surface area contributed by atoms with E-state index >= 15 is 0 Å². The molecule has 2 aromatic rings. The minimum Gasteiger partial charge on any atom is -0.489 e. The molecule has 0 aliphatic carbocycles. The van der Waals surface area contributed by atoms with Crippen molar-refractivity contribution in [3.63, 3.8) is 0 Å². The van der Waals surface area contributed by atoms with Crippen LogP contribution in [0.5, 0.6) is 5.75 Å². The van der Waals surface area contributed by atoms with E-state index in [1.54, 1.807) is 0 Å². The lowest BCUT2D eigenvalue weighted by Gasteiger charge is -2.24. The second kappa shape index (κ2) is 9.96. The van der Waals surface area contributed by atoms with Gasteiger partial charge >= 0.3 is 5.97 Å². The van der Waals surface area contributed by atoms with E-state index in [2.05, 4.69) is 4.99 Å². The van der Waals surface area contributed by atoms with E-state index in [0.29, 0.717) is 17.5 Å². The molecule has 0 bridgehead atoms. The predicted molar refractivity (Wildman–Crippen MR) is 127 cm³/mol. The molecular weight excluding hydrogens is 464 g/mol. The number of amidine groups is 1. The normalized spacial score (nSPS) is 22.3. The number of anilines is 1. The van der Waals surface area contributed by atoms with Crippen molar-refractivity contribution in [2.75, 3.05) is 16.4 Å². The quantitative estimate of drug-likeness (QED) is 0.603. The van der Waals surface area contributed by atoms with Gasteiger partial charge in [0.2, 0.25) is 5.91 Å². The van der Waals surface area contributed by atoms with Crippen LogP contribution in [0.4, 0.5) is 5.69 Å². The zero-order valence-electron chi connectivity index (χ0n) is 17.8. The first-order chi connectivity index (χ1) is 15.8. The molecule has 0 radical (unpaired) electrons. The smallest absolute Gasteiger partial charge is 0.303 e. The van der Waals surface area contributed by atoms with Crippen molar-refractivity contribution in [3.05, 3.63) is 60.2 Å². The Hall–Kier alpha value is -2.85. The molecule has 33 heavy (non-hydrogen) atoms. The Balaban J connectivity index is 1.50. The average Bonchev–Trinajstić information content (AvgIpc) is 3.23. The minimum atomic E-state index is -3.16. The highest BCUT2D eigenvalue weighted by molar-refractivity contribution is 8.16. The summed E-state index contributed by atoms with van der Waals surface area (Å²) in [5, 5.41) is 9.02. The summed E-state index contributed by atoms with van der Waals surface area (Å²) in [4.78, 5) is 29.0. The number of hydrogen-bond donors (Lipinski definition) is 1. The highest BCUT2D eigenvalue weighted by Crippen LogP contribution is 2.41. The fourth-order valence-corrected chi connectivity index (χ4v) is 7.79. The van der Waals surface area contributed by atoms with E-state index in [1.165, 1.54) is 11.8 Å². The van der Waals surface area contributed by atoms with Crippen LogP contribution in [0.25, 0.3) is 0 Å². The summed E-state index contributed by atoms with van der Waals surface area (Å²) in [7, 11) is -3.16. The number of sulfone groups is 1. The van der Waals surface area contributed by atoms with Gasteiger partial charge in [-0.05, 0) is 36.2 Å². The second-order valence-electron chi connectivity index (χ2n) is 7.97. The molecule has 10 heteroatoms. The van der Waals surface area contributed by atoms with Crippen molar-refractivity contribution in [1.82, 2.24) is 0 Å². The van der Waals surface area contributed by atoms with E-state index in [4.69, 9.17) is 9.84 Å². The molecule has 2 aliphatic rings. The van der Waals surface area contributed by atoms with Gasteiger partial charge < -0.3 is 14.7 Å². The van der Waals surface area contributed by atoms with Crippen LogP contribution in [0.3, 0.4) is 0 Å². The molecule has 0 saturated carbocycles. The van der Waals surface area contributed by atoms with Gasteiger partial charge in [0.05, 0.1) is 17.5 Å². The van der Waals surface area contributed by atoms with Crippen LogP contribution in [0.1, 0.15) is 24.8 Å². The van der Waals surface area contributed by atoms with Gasteiger partial charge in [0.1, 0.15) is 12.4 Å². The first kappa shape index (κ1) is 23.3. The molecular formula is C23H24N2O6S2. The third-order valence-electron chi connectivity index (χ3n) is 5.43. The van der Waals surface area contributed by atoms with E-state index in [9.17, 15) is 18.0 Å². The van der Waals surface area contributed by atoms with Gasteiger partial charge in [-0.25, -0.2) is 8.42 Å². The van der Waals surface area contributed by atoms with Gasteiger partial charge in [-0.15, -0.1) is 0 Å². The van der Waals surface area contributed by atoms with Gasteiger partial charge in [-0.1, -0.05) is 42.1 Å². The van der Waals surface area contributed by atoms with Crippen LogP contribution in [0.15, 0.2) is 59.6 Å². The van der Waals surface area contributed by atoms with Gasteiger partial charge in [0, 0.05) is 23.8 Å². The van der Waals surface area contributed by atoms with Crippen molar-refractivity contribution in [1.29, 1.82) is 0 Å². The standard InChI is InChI=1S/C23H24N2O6S2/c26-21(7-4-8-22(27)28)24-23-25(19-14-33(29,30)15-20(19)32-23)17-9-11-18(12-10-17)31-13-16-5-2-1-3-6-16/h1-3,5-6,9-12,19-20H,4,7-8,13-15H2,(H,27,28)/t19-,20-/m1/s1. The van der Waals surface area contributed by atoms with Crippen molar-refractivity contribution in [2.24, 2.45) is 4.99 Å². The van der Waals surface area contributed by atoms with Crippen LogP contribution >= 0.6 is 11.8 Å².